The SMILES string of the molecule is CCOC(Cc1csc2ccccc12)(OCC)[C@H](C)NC(=O)[C@H](C)NC(=O)CN(C)NC(=O)NCc1ccccc1. The molecular formula is C30H41N5O5S. The second-order valence-electron chi connectivity index (χ2n) is 9.77. The number of likely N-dealkylation sites (N-methyl/N-ethyl adjacent to an activating group) is 1. The summed E-state index contributed by atoms with van der Waals surface area (Å²) in [5.41, 5.74) is 4.63. The molecule has 0 aliphatic heterocycles. The molecular weight excluding hydrogens is 542 g/mol. The van der Waals surface area contributed by atoms with Crippen LogP contribution in [0.25, 0.3) is 10.1 Å². The molecule has 0 fully saturated rings. The van der Waals surface area contributed by atoms with E-state index < -0.39 is 29.8 Å². The lowest BCUT2D eigenvalue weighted by molar-refractivity contribution is -0.246. The van der Waals surface area contributed by atoms with Crippen LogP contribution in [0.4, 0.5) is 4.79 Å². The van der Waals surface area contributed by atoms with Crippen molar-refractivity contribution in [1.29, 1.82) is 0 Å². The van der Waals surface area contributed by atoms with Gasteiger partial charge in [-0.1, -0.05) is 48.5 Å². The number of benzene rings is 2. The number of fused-ring (bicyclic) bond motifs is 1. The largest absolute Gasteiger partial charge is 0.348 e. The van der Waals surface area contributed by atoms with Crippen LogP contribution in [-0.4, -0.2) is 67.5 Å². The Morgan fingerprint density at radius 3 is 2.29 bits per heavy atom. The van der Waals surface area contributed by atoms with E-state index in [1.54, 1.807) is 25.3 Å². The molecule has 11 heteroatoms. The van der Waals surface area contributed by atoms with E-state index in [0.29, 0.717) is 26.2 Å². The Morgan fingerprint density at radius 2 is 1.61 bits per heavy atom. The minimum Gasteiger partial charge on any atom is -0.348 e. The van der Waals surface area contributed by atoms with Crippen molar-refractivity contribution in [3.63, 3.8) is 0 Å². The number of rotatable bonds is 15. The average Bonchev–Trinajstić information content (AvgIpc) is 3.34. The summed E-state index contributed by atoms with van der Waals surface area (Å²) in [5, 5.41) is 13.0. The van der Waals surface area contributed by atoms with Gasteiger partial charge in [0.25, 0.3) is 0 Å². The van der Waals surface area contributed by atoms with E-state index >= 15 is 0 Å². The molecule has 2 atom stereocenters. The predicted molar refractivity (Wildman–Crippen MR) is 161 cm³/mol. The number of urea groups is 1. The molecule has 0 unspecified atom stereocenters. The molecule has 0 radical (unpaired) electrons. The van der Waals surface area contributed by atoms with E-state index in [1.165, 1.54) is 9.71 Å². The first-order chi connectivity index (χ1) is 19.7. The number of hydrazine groups is 1. The van der Waals surface area contributed by atoms with E-state index in [2.05, 4.69) is 38.9 Å². The van der Waals surface area contributed by atoms with Gasteiger partial charge >= 0.3 is 6.03 Å². The van der Waals surface area contributed by atoms with Gasteiger partial charge in [0.1, 0.15) is 6.04 Å². The van der Waals surface area contributed by atoms with Gasteiger partial charge in [0, 0.05) is 37.9 Å². The summed E-state index contributed by atoms with van der Waals surface area (Å²) < 4.78 is 13.5. The highest BCUT2D eigenvalue weighted by atomic mass is 32.1. The molecule has 3 aromatic rings. The molecule has 4 N–H and O–H groups in total. The predicted octanol–water partition coefficient (Wildman–Crippen LogP) is 3.57. The van der Waals surface area contributed by atoms with Gasteiger partial charge in [-0.05, 0) is 55.7 Å². The molecule has 41 heavy (non-hydrogen) atoms. The van der Waals surface area contributed by atoms with Crippen molar-refractivity contribution in [2.24, 2.45) is 0 Å². The zero-order valence-corrected chi connectivity index (χ0v) is 25.2. The molecule has 1 heterocycles. The molecule has 0 spiro atoms. The third-order valence-corrected chi connectivity index (χ3v) is 7.55. The third kappa shape index (κ3) is 9.25. The third-order valence-electron chi connectivity index (χ3n) is 6.53. The fourth-order valence-electron chi connectivity index (χ4n) is 4.52. The first kappa shape index (κ1) is 32.0. The van der Waals surface area contributed by atoms with Gasteiger partial charge in [-0.3, -0.25) is 15.0 Å². The van der Waals surface area contributed by atoms with Gasteiger partial charge in [-0.15, -0.1) is 11.3 Å². The van der Waals surface area contributed by atoms with E-state index in [1.807, 2.05) is 63.2 Å². The molecule has 0 saturated carbocycles. The summed E-state index contributed by atoms with van der Waals surface area (Å²) in [7, 11) is 1.57. The standard InChI is InChI=1S/C30H41N5O5S/c1-6-39-30(40-7-2,17-24-20-41-26-16-12-11-15-25(24)26)22(4)33-28(37)21(3)32-27(36)19-35(5)34-29(38)31-18-23-13-9-8-10-14-23/h8-16,20-22H,6-7,17-19H2,1-5H3,(H,32,36)(H,33,37)(H2,31,34,38)/t21-,22-/m0/s1. The second-order valence-corrected chi connectivity index (χ2v) is 10.7. The topological polar surface area (TPSA) is 121 Å². The van der Waals surface area contributed by atoms with Crippen LogP contribution in [0.3, 0.4) is 0 Å². The quantitative estimate of drug-likeness (QED) is 0.160. The highest BCUT2D eigenvalue weighted by Crippen LogP contribution is 2.32. The van der Waals surface area contributed by atoms with Crippen LogP contribution < -0.4 is 21.4 Å². The lowest BCUT2D eigenvalue weighted by atomic mass is 9.97. The van der Waals surface area contributed by atoms with Crippen LogP contribution >= 0.6 is 11.3 Å². The van der Waals surface area contributed by atoms with E-state index in [0.717, 1.165) is 16.5 Å². The lowest BCUT2D eigenvalue weighted by Crippen LogP contribution is -2.59. The molecule has 3 rings (SSSR count). The molecule has 0 saturated heterocycles. The highest BCUT2D eigenvalue weighted by molar-refractivity contribution is 7.17. The van der Waals surface area contributed by atoms with Crippen molar-refractivity contribution in [1.82, 2.24) is 26.4 Å². The molecule has 222 valence electrons. The number of carbonyl (C=O) groups is 3. The summed E-state index contributed by atoms with van der Waals surface area (Å²) in [4.78, 5) is 37.9. The van der Waals surface area contributed by atoms with Gasteiger partial charge in [0.2, 0.25) is 11.8 Å². The summed E-state index contributed by atoms with van der Waals surface area (Å²) in [6.45, 7) is 8.24. The Morgan fingerprint density at radius 1 is 0.951 bits per heavy atom. The molecule has 1 aromatic heterocycles. The van der Waals surface area contributed by atoms with Crippen LogP contribution in [0.15, 0.2) is 60.0 Å². The summed E-state index contributed by atoms with van der Waals surface area (Å²) >= 11 is 1.66. The van der Waals surface area contributed by atoms with Crippen LogP contribution in [0.2, 0.25) is 0 Å². The molecule has 0 aliphatic carbocycles. The number of hydrogen-bond acceptors (Lipinski definition) is 7. The van der Waals surface area contributed by atoms with E-state index in [9.17, 15) is 14.4 Å². The minimum atomic E-state index is -1.09. The first-order valence-corrected chi connectivity index (χ1v) is 14.7. The molecule has 4 amide bonds. The average molecular weight is 584 g/mol. The van der Waals surface area contributed by atoms with Gasteiger partial charge in [-0.25, -0.2) is 9.80 Å². The Balaban J connectivity index is 1.54. The van der Waals surface area contributed by atoms with Gasteiger partial charge < -0.3 is 25.4 Å². The maximum absolute atomic E-state index is 13.1. The Kier molecular flexibility index (Phi) is 12.1. The molecule has 0 bridgehead atoms. The fraction of sp³-hybridized carbons (Fsp3) is 0.433. The number of amides is 4. The summed E-state index contributed by atoms with van der Waals surface area (Å²) in [5.74, 6) is -1.89. The van der Waals surface area contributed by atoms with Crippen LogP contribution in [0.1, 0.15) is 38.8 Å². The number of ether oxygens (including phenoxy) is 2. The molecule has 10 nitrogen and oxygen atoms in total. The zero-order chi connectivity index (χ0) is 29.8. The van der Waals surface area contributed by atoms with Gasteiger partial charge in [0.05, 0.1) is 12.6 Å². The van der Waals surface area contributed by atoms with Crippen molar-refractivity contribution in [3.8, 4) is 0 Å². The zero-order valence-electron chi connectivity index (χ0n) is 24.4. The summed E-state index contributed by atoms with van der Waals surface area (Å²) in [6, 6.07) is 15.9. The smallest absolute Gasteiger partial charge is 0.329 e. The molecule has 2 aromatic carbocycles. The normalized spacial score (nSPS) is 13.0. The number of nitrogens with zero attached hydrogens (tertiary/aromatic N) is 1. The van der Waals surface area contributed by atoms with Crippen molar-refractivity contribution >= 4 is 39.3 Å². The fourth-order valence-corrected chi connectivity index (χ4v) is 5.48. The maximum atomic E-state index is 13.1. The van der Waals surface area contributed by atoms with Crippen molar-refractivity contribution in [3.05, 3.63) is 71.1 Å². The monoisotopic (exact) mass is 583 g/mol. The van der Waals surface area contributed by atoms with Crippen molar-refractivity contribution in [2.75, 3.05) is 26.8 Å². The number of carbonyl (C=O) groups excluding carboxylic acids is 3. The minimum absolute atomic E-state index is 0.140. The number of hydrogen-bond donors (Lipinski definition) is 4. The summed E-state index contributed by atoms with van der Waals surface area (Å²) in [6.07, 6.45) is 0.448. The Hall–Kier alpha value is -3.51. The van der Waals surface area contributed by atoms with Crippen molar-refractivity contribution in [2.45, 2.75) is 58.5 Å². The molecule has 0 aliphatic rings. The first-order valence-electron chi connectivity index (χ1n) is 13.8. The van der Waals surface area contributed by atoms with Crippen LogP contribution in [0, 0.1) is 0 Å². The van der Waals surface area contributed by atoms with Gasteiger partial charge in [-0.2, -0.15) is 0 Å². The van der Waals surface area contributed by atoms with Crippen LogP contribution in [0.5, 0.6) is 0 Å². The Labute approximate surface area is 245 Å². The van der Waals surface area contributed by atoms with Gasteiger partial charge in [0.15, 0.2) is 5.79 Å². The second kappa shape index (κ2) is 15.5. The highest BCUT2D eigenvalue weighted by Gasteiger charge is 2.40. The maximum Gasteiger partial charge on any atom is 0.329 e. The number of thiophene rings is 1. The van der Waals surface area contributed by atoms with E-state index in [-0.39, 0.29) is 12.5 Å². The van der Waals surface area contributed by atoms with E-state index in [4.69, 9.17) is 9.47 Å². The van der Waals surface area contributed by atoms with Crippen molar-refractivity contribution < 1.29 is 23.9 Å². The number of nitrogens with one attached hydrogen (secondary N) is 4. The lowest BCUT2D eigenvalue weighted by Gasteiger charge is -2.39. The van der Waals surface area contributed by atoms with Crippen LogP contribution in [-0.2, 0) is 32.0 Å². The Bertz CT molecular complexity index is 1280.